The van der Waals surface area contributed by atoms with Gasteiger partial charge in [-0.25, -0.2) is 4.98 Å². The second kappa shape index (κ2) is 6.52. The first-order chi connectivity index (χ1) is 9.22. The summed E-state index contributed by atoms with van der Waals surface area (Å²) in [5.41, 5.74) is 1.39. The van der Waals surface area contributed by atoms with Crippen molar-refractivity contribution in [3.8, 4) is 0 Å². The predicted molar refractivity (Wildman–Crippen MR) is 74.3 cm³/mol. The third-order valence-electron chi connectivity index (χ3n) is 3.43. The van der Waals surface area contributed by atoms with Crippen molar-refractivity contribution < 1.29 is 9.53 Å². The van der Waals surface area contributed by atoms with Crippen LogP contribution >= 0.6 is 0 Å². The third-order valence-corrected chi connectivity index (χ3v) is 3.43. The molecule has 5 nitrogen and oxygen atoms in total. The molecule has 2 N–H and O–H groups in total. The molecule has 0 saturated heterocycles. The molecule has 0 bridgehead atoms. The molecule has 1 saturated carbocycles. The molecule has 2 atom stereocenters. The number of anilines is 1. The minimum absolute atomic E-state index is 0.107. The van der Waals surface area contributed by atoms with E-state index in [1.54, 1.807) is 19.4 Å². The summed E-state index contributed by atoms with van der Waals surface area (Å²) in [6, 6.07) is 3.82. The molecule has 0 radical (unpaired) electrons. The van der Waals surface area contributed by atoms with E-state index in [-0.39, 0.29) is 18.1 Å². The molecule has 1 heterocycles. The van der Waals surface area contributed by atoms with Gasteiger partial charge in [0.15, 0.2) is 0 Å². The summed E-state index contributed by atoms with van der Waals surface area (Å²) < 4.78 is 5.30. The highest BCUT2D eigenvalue weighted by atomic mass is 16.5. The van der Waals surface area contributed by atoms with Gasteiger partial charge >= 0.3 is 0 Å². The Kier molecular flexibility index (Phi) is 4.74. The van der Waals surface area contributed by atoms with Gasteiger partial charge in [-0.3, -0.25) is 4.79 Å². The van der Waals surface area contributed by atoms with E-state index in [9.17, 15) is 4.79 Å². The lowest BCUT2D eigenvalue weighted by molar-refractivity contribution is 0.0910. The quantitative estimate of drug-likeness (QED) is 0.850. The average molecular weight is 263 g/mol. The highest BCUT2D eigenvalue weighted by Gasteiger charge is 2.26. The molecule has 1 aromatic heterocycles. The fourth-order valence-corrected chi connectivity index (χ4v) is 2.38. The van der Waals surface area contributed by atoms with Crippen LogP contribution in [0.3, 0.4) is 0 Å². The number of nitrogens with one attached hydrogen (secondary N) is 2. The first-order valence-corrected chi connectivity index (χ1v) is 6.76. The van der Waals surface area contributed by atoms with Gasteiger partial charge in [0.1, 0.15) is 5.69 Å². The van der Waals surface area contributed by atoms with E-state index in [1.165, 1.54) is 0 Å². The van der Waals surface area contributed by atoms with Gasteiger partial charge in [0.05, 0.1) is 18.0 Å². The van der Waals surface area contributed by atoms with Crippen LogP contribution in [-0.4, -0.2) is 36.7 Å². The maximum absolute atomic E-state index is 12.0. The van der Waals surface area contributed by atoms with Crippen LogP contribution in [0.4, 0.5) is 5.69 Å². The van der Waals surface area contributed by atoms with Crippen molar-refractivity contribution in [2.24, 2.45) is 0 Å². The van der Waals surface area contributed by atoms with Crippen LogP contribution in [0.25, 0.3) is 0 Å². The Morgan fingerprint density at radius 1 is 1.47 bits per heavy atom. The summed E-state index contributed by atoms with van der Waals surface area (Å²) in [5.74, 6) is -0.107. The number of carbonyl (C=O) groups is 1. The highest BCUT2D eigenvalue weighted by Crippen LogP contribution is 2.21. The van der Waals surface area contributed by atoms with Crippen molar-refractivity contribution in [2.45, 2.75) is 38.3 Å². The van der Waals surface area contributed by atoms with E-state index in [1.807, 2.05) is 13.0 Å². The molecule has 0 spiro atoms. The number of rotatable bonds is 5. The molecule has 104 valence electrons. The second-order valence-corrected chi connectivity index (χ2v) is 4.80. The molecule has 1 aromatic rings. The summed E-state index contributed by atoms with van der Waals surface area (Å²) in [4.78, 5) is 16.2. The molecule has 2 unspecified atom stereocenters. The van der Waals surface area contributed by atoms with Crippen LogP contribution in [0.15, 0.2) is 18.3 Å². The van der Waals surface area contributed by atoms with Gasteiger partial charge in [-0.2, -0.15) is 0 Å². The molecule has 1 amide bonds. The van der Waals surface area contributed by atoms with Crippen molar-refractivity contribution >= 4 is 11.6 Å². The van der Waals surface area contributed by atoms with Crippen molar-refractivity contribution in [1.82, 2.24) is 10.3 Å². The van der Waals surface area contributed by atoms with Crippen LogP contribution in [0.1, 0.15) is 36.7 Å². The summed E-state index contributed by atoms with van der Waals surface area (Å²) in [6.07, 6.45) is 4.82. The molecule has 1 aliphatic rings. The molecule has 1 aliphatic carbocycles. The second-order valence-electron chi connectivity index (χ2n) is 4.80. The summed E-state index contributed by atoms with van der Waals surface area (Å²) in [6.45, 7) is 2.86. The van der Waals surface area contributed by atoms with Gasteiger partial charge in [0.25, 0.3) is 5.91 Å². The number of nitrogens with zero attached hydrogens (tertiary/aromatic N) is 1. The highest BCUT2D eigenvalue weighted by molar-refractivity contribution is 5.92. The Bertz CT molecular complexity index is 419. The number of carbonyl (C=O) groups excluding carboxylic acids is 1. The maximum atomic E-state index is 12.0. The molecule has 5 heteroatoms. The molecule has 2 rings (SSSR count). The molecule has 1 fully saturated rings. The Morgan fingerprint density at radius 3 is 2.89 bits per heavy atom. The lowest BCUT2D eigenvalue weighted by Crippen LogP contribution is -2.33. The number of aromatic nitrogens is 1. The van der Waals surface area contributed by atoms with E-state index < -0.39 is 0 Å². The average Bonchev–Trinajstić information content (AvgIpc) is 2.87. The largest absolute Gasteiger partial charge is 0.384 e. The lowest BCUT2D eigenvalue weighted by Gasteiger charge is -2.12. The molecular weight excluding hydrogens is 242 g/mol. The van der Waals surface area contributed by atoms with Gasteiger partial charge in [0.2, 0.25) is 0 Å². The minimum Gasteiger partial charge on any atom is -0.384 e. The Morgan fingerprint density at radius 2 is 2.32 bits per heavy atom. The first kappa shape index (κ1) is 13.8. The number of amides is 1. The predicted octanol–water partition coefficient (Wildman–Crippen LogP) is 1.81. The Hall–Kier alpha value is -1.62. The zero-order valence-electron chi connectivity index (χ0n) is 11.5. The van der Waals surface area contributed by atoms with E-state index in [4.69, 9.17) is 4.74 Å². The van der Waals surface area contributed by atoms with Gasteiger partial charge in [0, 0.05) is 19.7 Å². The smallest absolute Gasteiger partial charge is 0.270 e. The van der Waals surface area contributed by atoms with Gasteiger partial charge < -0.3 is 15.4 Å². The fraction of sp³-hybridized carbons (Fsp3) is 0.571. The third kappa shape index (κ3) is 3.67. The van der Waals surface area contributed by atoms with Gasteiger partial charge in [-0.1, -0.05) is 0 Å². The van der Waals surface area contributed by atoms with Crippen molar-refractivity contribution in [1.29, 1.82) is 0 Å². The number of hydrogen-bond donors (Lipinski definition) is 2. The van der Waals surface area contributed by atoms with Crippen molar-refractivity contribution in [2.75, 3.05) is 19.0 Å². The minimum atomic E-state index is -0.107. The first-order valence-electron chi connectivity index (χ1n) is 6.76. The molecular formula is C14H21N3O2. The van der Waals surface area contributed by atoms with Crippen LogP contribution in [0.2, 0.25) is 0 Å². The van der Waals surface area contributed by atoms with Crippen molar-refractivity contribution in [3.63, 3.8) is 0 Å². The van der Waals surface area contributed by atoms with E-state index in [2.05, 4.69) is 15.6 Å². The molecule has 19 heavy (non-hydrogen) atoms. The topological polar surface area (TPSA) is 63.2 Å². The normalized spacial score (nSPS) is 22.2. The number of hydrogen-bond acceptors (Lipinski definition) is 4. The van der Waals surface area contributed by atoms with Crippen LogP contribution in [0, 0.1) is 0 Å². The fourth-order valence-electron chi connectivity index (χ4n) is 2.38. The number of pyridine rings is 1. The van der Waals surface area contributed by atoms with Gasteiger partial charge in [-0.05, 0) is 38.3 Å². The van der Waals surface area contributed by atoms with Crippen LogP contribution < -0.4 is 10.6 Å². The zero-order valence-corrected chi connectivity index (χ0v) is 11.5. The maximum Gasteiger partial charge on any atom is 0.270 e. The standard InChI is InChI=1S/C14H21N3O2/c1-3-15-11-5-7-13(16-9-11)14(18)17-10-4-6-12(8-10)19-2/h5,7,9-10,12,15H,3-4,6,8H2,1-2H3,(H,17,18). The van der Waals surface area contributed by atoms with Gasteiger partial charge in [-0.15, -0.1) is 0 Å². The number of ether oxygens (including phenoxy) is 1. The van der Waals surface area contributed by atoms with E-state index in [0.717, 1.165) is 31.5 Å². The summed E-state index contributed by atoms with van der Waals surface area (Å²) in [7, 11) is 1.72. The SMILES string of the molecule is CCNc1ccc(C(=O)NC2CCC(OC)C2)nc1. The molecule has 0 aromatic carbocycles. The lowest BCUT2D eigenvalue weighted by atomic mass is 10.2. The summed E-state index contributed by atoms with van der Waals surface area (Å²) in [5, 5.41) is 6.16. The number of methoxy groups -OCH3 is 1. The zero-order chi connectivity index (χ0) is 13.7. The van der Waals surface area contributed by atoms with Crippen LogP contribution in [0.5, 0.6) is 0 Å². The van der Waals surface area contributed by atoms with E-state index >= 15 is 0 Å². The molecule has 0 aliphatic heterocycles. The summed E-state index contributed by atoms with van der Waals surface area (Å²) >= 11 is 0. The van der Waals surface area contributed by atoms with Crippen LogP contribution in [-0.2, 0) is 4.74 Å². The Labute approximate surface area is 113 Å². The Balaban J connectivity index is 1.89. The van der Waals surface area contributed by atoms with Crippen molar-refractivity contribution in [3.05, 3.63) is 24.0 Å². The van der Waals surface area contributed by atoms with E-state index in [0.29, 0.717) is 5.69 Å². The monoisotopic (exact) mass is 263 g/mol.